The molecule has 84 valence electrons. The monoisotopic (exact) mass is 247 g/mol. The standard InChI is InChI=1S/C5H12O7P2/c1-5(2)3-4-11-14(9,10)12-13(6,7)8/h1,3-4H2,2H3,(H,9,10)(H2,6,7,8)/i3D/t3-/m1/s1. The van der Waals surface area contributed by atoms with Gasteiger partial charge in [0.25, 0.3) is 0 Å². The van der Waals surface area contributed by atoms with Crippen LogP contribution >= 0.6 is 15.6 Å². The van der Waals surface area contributed by atoms with Crippen molar-refractivity contribution in [1.82, 2.24) is 0 Å². The Kier molecular flexibility index (Phi) is 4.47. The van der Waals surface area contributed by atoms with Crippen molar-refractivity contribution in [2.45, 2.75) is 13.3 Å². The summed E-state index contributed by atoms with van der Waals surface area (Å²) in [7, 11) is -9.92. The summed E-state index contributed by atoms with van der Waals surface area (Å²) >= 11 is 0. The van der Waals surface area contributed by atoms with Crippen molar-refractivity contribution >= 4 is 15.6 Å². The molecule has 0 rings (SSSR count). The van der Waals surface area contributed by atoms with Crippen LogP contribution in [0.5, 0.6) is 0 Å². The van der Waals surface area contributed by atoms with Crippen molar-refractivity contribution in [3.8, 4) is 0 Å². The Hall–Kier alpha value is 0.0000000000000000555. The molecule has 0 saturated heterocycles. The lowest BCUT2D eigenvalue weighted by molar-refractivity contribution is 0.180. The van der Waals surface area contributed by atoms with Crippen LogP contribution in [-0.2, 0) is 18.0 Å². The minimum atomic E-state index is -5.09. The van der Waals surface area contributed by atoms with Crippen molar-refractivity contribution in [2.24, 2.45) is 0 Å². The molecule has 2 atom stereocenters. The Labute approximate surface area is 82.6 Å². The van der Waals surface area contributed by atoms with Crippen LogP contribution in [0.25, 0.3) is 0 Å². The quantitative estimate of drug-likeness (QED) is 0.477. The summed E-state index contributed by atoms with van der Waals surface area (Å²) in [5.41, 5.74) is 0.381. The van der Waals surface area contributed by atoms with Crippen LogP contribution in [0, 0.1) is 0 Å². The predicted octanol–water partition coefficient (Wildman–Crippen LogP) is 1.18. The zero-order valence-corrected chi connectivity index (χ0v) is 9.15. The lowest BCUT2D eigenvalue weighted by atomic mass is 10.3. The van der Waals surface area contributed by atoms with Crippen LogP contribution in [0.15, 0.2) is 12.2 Å². The van der Waals surface area contributed by atoms with E-state index < -0.39 is 28.6 Å². The number of hydrogen-bond donors (Lipinski definition) is 3. The topological polar surface area (TPSA) is 113 Å². The fourth-order valence-corrected chi connectivity index (χ4v) is 1.96. The first-order valence-electron chi connectivity index (χ1n) is 3.93. The van der Waals surface area contributed by atoms with Crippen molar-refractivity contribution in [3.05, 3.63) is 12.2 Å². The summed E-state index contributed by atoms with van der Waals surface area (Å²) < 4.78 is 36.0. The van der Waals surface area contributed by atoms with Gasteiger partial charge in [0.1, 0.15) is 0 Å². The molecule has 7 nitrogen and oxygen atoms in total. The van der Waals surface area contributed by atoms with Gasteiger partial charge in [-0.25, -0.2) is 9.13 Å². The molecule has 0 bridgehead atoms. The van der Waals surface area contributed by atoms with Gasteiger partial charge in [-0.3, -0.25) is 4.52 Å². The van der Waals surface area contributed by atoms with Gasteiger partial charge in [0, 0.05) is 1.37 Å². The van der Waals surface area contributed by atoms with Crippen LogP contribution in [-0.4, -0.2) is 21.3 Å². The molecule has 0 aliphatic carbocycles. The predicted molar refractivity (Wildman–Crippen MR) is 48.3 cm³/mol. The van der Waals surface area contributed by atoms with Crippen LogP contribution in [0.4, 0.5) is 0 Å². The van der Waals surface area contributed by atoms with Crippen molar-refractivity contribution in [2.75, 3.05) is 6.61 Å². The van der Waals surface area contributed by atoms with Crippen LogP contribution in [0.3, 0.4) is 0 Å². The van der Waals surface area contributed by atoms with Gasteiger partial charge in [-0.2, -0.15) is 4.31 Å². The van der Waals surface area contributed by atoms with E-state index in [4.69, 9.17) is 16.1 Å². The first-order chi connectivity index (χ1) is 6.53. The van der Waals surface area contributed by atoms with Gasteiger partial charge in [0.05, 0.1) is 6.61 Å². The molecule has 0 aliphatic rings. The second kappa shape index (κ2) is 5.19. The minimum Gasteiger partial charge on any atom is -0.302 e. The van der Waals surface area contributed by atoms with Crippen molar-refractivity contribution < 1.29 is 34.0 Å². The third-order valence-electron chi connectivity index (χ3n) is 0.879. The highest BCUT2D eigenvalue weighted by Crippen LogP contribution is 2.57. The van der Waals surface area contributed by atoms with Gasteiger partial charge in [-0.1, -0.05) is 5.57 Å². The molecule has 3 N–H and O–H groups in total. The van der Waals surface area contributed by atoms with E-state index in [1.807, 2.05) is 0 Å². The van der Waals surface area contributed by atoms with E-state index in [-0.39, 0.29) is 0 Å². The lowest BCUT2D eigenvalue weighted by Gasteiger charge is -2.11. The summed E-state index contributed by atoms with van der Waals surface area (Å²) in [6, 6.07) is 0. The summed E-state index contributed by atoms with van der Waals surface area (Å²) in [5.74, 6) is 0. The number of rotatable bonds is 6. The third-order valence-corrected chi connectivity index (χ3v) is 3.03. The van der Waals surface area contributed by atoms with E-state index in [0.29, 0.717) is 5.57 Å². The SMILES string of the molecule is [2H][C@H](COP(=O)(O)OP(=O)(O)O)C(=C)C. The maximum absolute atomic E-state index is 10.9. The molecule has 1 unspecified atom stereocenters. The van der Waals surface area contributed by atoms with E-state index in [2.05, 4.69) is 15.4 Å². The maximum atomic E-state index is 10.9. The minimum absolute atomic E-state index is 0.381. The number of hydrogen-bond acceptors (Lipinski definition) is 4. The summed E-state index contributed by atoms with van der Waals surface area (Å²) in [6.45, 7) is 4.37. The largest absolute Gasteiger partial charge is 0.481 e. The number of phosphoric ester groups is 1. The highest BCUT2D eigenvalue weighted by atomic mass is 31.3. The molecule has 0 saturated carbocycles. The van der Waals surface area contributed by atoms with Gasteiger partial charge < -0.3 is 14.7 Å². The smallest absolute Gasteiger partial charge is 0.302 e. The van der Waals surface area contributed by atoms with Crippen LogP contribution in [0.2, 0.25) is 0 Å². The Morgan fingerprint density at radius 1 is 1.50 bits per heavy atom. The average molecular weight is 247 g/mol. The van der Waals surface area contributed by atoms with E-state index >= 15 is 0 Å². The highest BCUT2D eigenvalue weighted by Gasteiger charge is 2.31. The normalized spacial score (nSPS) is 19.6. The first-order valence-corrected chi connectivity index (χ1v) is 6.38. The van der Waals surface area contributed by atoms with Crippen molar-refractivity contribution in [3.63, 3.8) is 0 Å². The number of phosphoric acid groups is 2. The van der Waals surface area contributed by atoms with Gasteiger partial charge in [-0.15, -0.1) is 6.58 Å². The summed E-state index contributed by atoms with van der Waals surface area (Å²) in [4.78, 5) is 25.3. The maximum Gasteiger partial charge on any atom is 0.481 e. The molecule has 0 aliphatic heterocycles. The van der Waals surface area contributed by atoms with Gasteiger partial charge in [0.2, 0.25) is 0 Å². The average Bonchev–Trinajstić information content (AvgIpc) is 1.95. The molecule has 0 aromatic heterocycles. The molecule has 14 heavy (non-hydrogen) atoms. The van der Waals surface area contributed by atoms with Gasteiger partial charge >= 0.3 is 15.6 Å². The highest BCUT2D eigenvalue weighted by molar-refractivity contribution is 7.60. The Balaban J connectivity index is 4.23. The molecule has 0 spiro atoms. The molecule has 0 radical (unpaired) electrons. The summed E-state index contributed by atoms with van der Waals surface area (Å²) in [5, 5.41) is 0. The Morgan fingerprint density at radius 2 is 2.00 bits per heavy atom. The molecule has 0 fully saturated rings. The fraction of sp³-hybridized carbons (Fsp3) is 0.600. The first kappa shape index (κ1) is 12.1. The van der Waals surface area contributed by atoms with E-state index in [1.165, 1.54) is 6.92 Å². The van der Waals surface area contributed by atoms with E-state index in [9.17, 15) is 9.13 Å². The molecular weight excluding hydrogens is 234 g/mol. The third kappa shape index (κ3) is 8.59. The Morgan fingerprint density at radius 3 is 2.36 bits per heavy atom. The van der Waals surface area contributed by atoms with Gasteiger partial charge in [0.15, 0.2) is 0 Å². The zero-order chi connectivity index (χ0) is 12.3. The molecule has 0 amide bonds. The van der Waals surface area contributed by atoms with Crippen LogP contribution < -0.4 is 0 Å². The second-order valence-electron chi connectivity index (χ2n) is 2.39. The molecule has 0 heterocycles. The van der Waals surface area contributed by atoms with Gasteiger partial charge in [-0.05, 0) is 13.3 Å². The molecule has 0 aromatic carbocycles. The van der Waals surface area contributed by atoms with E-state index in [1.54, 1.807) is 0 Å². The summed E-state index contributed by atoms with van der Waals surface area (Å²) in [6.07, 6.45) is -0.967. The zero-order valence-electron chi connectivity index (χ0n) is 8.36. The van der Waals surface area contributed by atoms with Crippen LogP contribution in [0.1, 0.15) is 14.7 Å². The Bertz CT molecular complexity index is 323. The fourth-order valence-electron chi connectivity index (χ4n) is 0.432. The second-order valence-corrected chi connectivity index (χ2v) is 5.22. The molecule has 9 heteroatoms. The van der Waals surface area contributed by atoms with E-state index in [0.717, 1.165) is 0 Å². The lowest BCUT2D eigenvalue weighted by Crippen LogP contribution is -1.96. The molecule has 0 aromatic rings. The molecular formula is C5H12O7P2. The van der Waals surface area contributed by atoms with Crippen molar-refractivity contribution in [1.29, 1.82) is 0 Å².